The molecule has 0 aromatic carbocycles. The van der Waals surface area contributed by atoms with Crippen LogP contribution >= 0.6 is 0 Å². The van der Waals surface area contributed by atoms with Crippen LogP contribution in [0, 0.1) is 5.41 Å². The summed E-state index contributed by atoms with van der Waals surface area (Å²) in [6.07, 6.45) is 5.40. The van der Waals surface area contributed by atoms with Gasteiger partial charge in [0.1, 0.15) is 0 Å². The first-order chi connectivity index (χ1) is 9.53. The summed E-state index contributed by atoms with van der Waals surface area (Å²) >= 11 is 0. The Balaban J connectivity index is 1.76. The second-order valence-corrected chi connectivity index (χ2v) is 6.06. The SMILES string of the molecule is C[C@@H]1OCC2(CCN(c3nccn(C)c3=O)CC2)[C@@H]1N. The second-order valence-electron chi connectivity index (χ2n) is 6.06. The summed E-state index contributed by atoms with van der Waals surface area (Å²) < 4.78 is 7.29. The first kappa shape index (κ1) is 13.6. The summed E-state index contributed by atoms with van der Waals surface area (Å²) in [7, 11) is 1.75. The fraction of sp³-hybridized carbons (Fsp3) is 0.714. The van der Waals surface area contributed by atoms with Crippen molar-refractivity contribution < 1.29 is 4.74 Å². The molecule has 6 heteroatoms. The highest BCUT2D eigenvalue weighted by molar-refractivity contribution is 5.36. The maximum absolute atomic E-state index is 12.1. The zero-order valence-electron chi connectivity index (χ0n) is 12.1. The van der Waals surface area contributed by atoms with Crippen molar-refractivity contribution in [2.45, 2.75) is 31.9 Å². The van der Waals surface area contributed by atoms with Crippen molar-refractivity contribution in [1.82, 2.24) is 9.55 Å². The number of aryl methyl sites for hydroxylation is 1. The smallest absolute Gasteiger partial charge is 0.293 e. The van der Waals surface area contributed by atoms with Crippen LogP contribution in [0.4, 0.5) is 5.82 Å². The zero-order valence-corrected chi connectivity index (χ0v) is 12.1. The predicted octanol–water partition coefficient (Wildman–Crippen LogP) is 0.113. The number of piperidine rings is 1. The fourth-order valence-electron chi connectivity index (χ4n) is 3.34. The van der Waals surface area contributed by atoms with Gasteiger partial charge in [0.25, 0.3) is 5.56 Å². The van der Waals surface area contributed by atoms with Crippen molar-refractivity contribution >= 4 is 5.82 Å². The number of aromatic nitrogens is 2. The standard InChI is InChI=1S/C14H22N4O2/c1-10-11(15)14(9-20-10)3-6-18(7-4-14)12-13(19)17(2)8-5-16-12/h5,8,10-11H,3-4,6-7,9,15H2,1-2H3/t10-,11+/m0/s1. The van der Waals surface area contributed by atoms with Gasteiger partial charge in [0, 0.05) is 44.0 Å². The molecule has 0 radical (unpaired) electrons. The maximum atomic E-state index is 12.1. The number of ether oxygens (including phenoxy) is 1. The molecule has 1 aromatic rings. The van der Waals surface area contributed by atoms with Crippen LogP contribution in [0.15, 0.2) is 17.2 Å². The molecule has 20 heavy (non-hydrogen) atoms. The van der Waals surface area contributed by atoms with Gasteiger partial charge in [0.05, 0.1) is 12.7 Å². The molecule has 2 aliphatic heterocycles. The summed E-state index contributed by atoms with van der Waals surface area (Å²) in [6.45, 7) is 4.41. The summed E-state index contributed by atoms with van der Waals surface area (Å²) in [5.74, 6) is 0.547. The molecule has 3 rings (SSSR count). The predicted molar refractivity (Wildman–Crippen MR) is 76.7 cm³/mol. The minimum absolute atomic E-state index is 0.0382. The monoisotopic (exact) mass is 278 g/mol. The highest BCUT2D eigenvalue weighted by Gasteiger charge is 2.47. The Morgan fingerprint density at radius 1 is 1.45 bits per heavy atom. The molecule has 0 saturated carbocycles. The van der Waals surface area contributed by atoms with E-state index in [1.165, 1.54) is 0 Å². The van der Waals surface area contributed by atoms with E-state index in [0.717, 1.165) is 32.5 Å². The van der Waals surface area contributed by atoms with Gasteiger partial charge in [-0.3, -0.25) is 4.79 Å². The molecule has 2 fully saturated rings. The molecule has 3 heterocycles. The van der Waals surface area contributed by atoms with Crippen molar-refractivity contribution in [3.05, 3.63) is 22.7 Å². The van der Waals surface area contributed by atoms with Crippen molar-refractivity contribution in [1.29, 1.82) is 0 Å². The normalized spacial score (nSPS) is 29.1. The Morgan fingerprint density at radius 2 is 2.15 bits per heavy atom. The molecule has 1 spiro atoms. The van der Waals surface area contributed by atoms with Crippen molar-refractivity contribution in [3.8, 4) is 0 Å². The molecular weight excluding hydrogens is 256 g/mol. The van der Waals surface area contributed by atoms with Crippen molar-refractivity contribution in [2.75, 3.05) is 24.6 Å². The van der Waals surface area contributed by atoms with Gasteiger partial charge in [-0.1, -0.05) is 0 Å². The number of hydrogen-bond acceptors (Lipinski definition) is 5. The molecule has 1 aromatic heterocycles. The number of anilines is 1. The van der Waals surface area contributed by atoms with E-state index in [0.29, 0.717) is 5.82 Å². The van der Waals surface area contributed by atoms with E-state index in [4.69, 9.17) is 10.5 Å². The van der Waals surface area contributed by atoms with Gasteiger partial charge in [-0.2, -0.15) is 0 Å². The van der Waals surface area contributed by atoms with E-state index in [9.17, 15) is 4.79 Å². The second kappa shape index (κ2) is 4.86. The van der Waals surface area contributed by atoms with Crippen molar-refractivity contribution in [3.63, 3.8) is 0 Å². The minimum atomic E-state index is -0.0382. The minimum Gasteiger partial charge on any atom is -0.376 e. The number of nitrogens with two attached hydrogens (primary N) is 1. The van der Waals surface area contributed by atoms with Gasteiger partial charge >= 0.3 is 0 Å². The van der Waals surface area contributed by atoms with Gasteiger partial charge in [0.2, 0.25) is 0 Å². The van der Waals surface area contributed by atoms with Crippen LogP contribution in [0.3, 0.4) is 0 Å². The molecule has 110 valence electrons. The third-order valence-corrected chi connectivity index (χ3v) is 4.90. The van der Waals surface area contributed by atoms with E-state index in [1.54, 1.807) is 24.0 Å². The Labute approximate surface area is 118 Å². The molecule has 0 aliphatic carbocycles. The average molecular weight is 278 g/mol. The van der Waals surface area contributed by atoms with Crippen LogP contribution in [0.2, 0.25) is 0 Å². The van der Waals surface area contributed by atoms with Crippen LogP contribution in [0.25, 0.3) is 0 Å². The van der Waals surface area contributed by atoms with Crippen LogP contribution in [0.1, 0.15) is 19.8 Å². The Bertz CT molecular complexity index is 548. The highest BCUT2D eigenvalue weighted by Crippen LogP contribution is 2.41. The van der Waals surface area contributed by atoms with Gasteiger partial charge in [-0.05, 0) is 19.8 Å². The largest absolute Gasteiger partial charge is 0.376 e. The molecule has 2 atom stereocenters. The quantitative estimate of drug-likeness (QED) is 0.789. The first-order valence-corrected chi connectivity index (χ1v) is 7.17. The van der Waals surface area contributed by atoms with Gasteiger partial charge in [-0.25, -0.2) is 4.98 Å². The van der Waals surface area contributed by atoms with E-state index in [2.05, 4.69) is 9.88 Å². The van der Waals surface area contributed by atoms with Crippen LogP contribution in [0.5, 0.6) is 0 Å². The third kappa shape index (κ3) is 2.03. The molecular formula is C14H22N4O2. The molecule has 0 unspecified atom stereocenters. The molecule has 2 N–H and O–H groups in total. The summed E-state index contributed by atoms with van der Waals surface area (Å²) in [5, 5.41) is 0. The summed E-state index contributed by atoms with van der Waals surface area (Å²) in [5.41, 5.74) is 6.34. The molecule has 2 aliphatic rings. The fourth-order valence-corrected chi connectivity index (χ4v) is 3.34. The van der Waals surface area contributed by atoms with Crippen LogP contribution in [-0.2, 0) is 11.8 Å². The summed E-state index contributed by atoms with van der Waals surface area (Å²) in [6, 6.07) is 0.0937. The van der Waals surface area contributed by atoms with Crippen molar-refractivity contribution in [2.24, 2.45) is 18.2 Å². The van der Waals surface area contributed by atoms with Gasteiger partial charge in [-0.15, -0.1) is 0 Å². The Kier molecular flexibility index (Phi) is 3.30. The Hall–Kier alpha value is -1.40. The van der Waals surface area contributed by atoms with Crippen LogP contribution < -0.4 is 16.2 Å². The zero-order chi connectivity index (χ0) is 14.3. The molecule has 0 bridgehead atoms. The van der Waals surface area contributed by atoms with E-state index in [1.807, 2.05) is 6.92 Å². The lowest BCUT2D eigenvalue weighted by Gasteiger charge is -2.41. The maximum Gasteiger partial charge on any atom is 0.293 e. The summed E-state index contributed by atoms with van der Waals surface area (Å²) in [4.78, 5) is 18.4. The first-order valence-electron chi connectivity index (χ1n) is 7.17. The Morgan fingerprint density at radius 3 is 2.75 bits per heavy atom. The lowest BCUT2D eigenvalue weighted by Crippen LogP contribution is -2.51. The highest BCUT2D eigenvalue weighted by atomic mass is 16.5. The van der Waals surface area contributed by atoms with E-state index >= 15 is 0 Å². The lowest BCUT2D eigenvalue weighted by molar-refractivity contribution is 0.0974. The third-order valence-electron chi connectivity index (χ3n) is 4.90. The molecule has 0 amide bonds. The average Bonchev–Trinajstić information content (AvgIpc) is 2.72. The van der Waals surface area contributed by atoms with Crippen LogP contribution in [-0.4, -0.2) is 41.4 Å². The number of nitrogens with zero attached hydrogens (tertiary/aromatic N) is 3. The number of rotatable bonds is 1. The molecule has 6 nitrogen and oxygen atoms in total. The van der Waals surface area contributed by atoms with Gasteiger partial charge < -0.3 is 19.9 Å². The topological polar surface area (TPSA) is 73.4 Å². The molecule has 2 saturated heterocycles. The van der Waals surface area contributed by atoms with E-state index in [-0.39, 0.29) is 23.1 Å². The lowest BCUT2D eigenvalue weighted by atomic mass is 9.73. The number of hydrogen-bond donors (Lipinski definition) is 1. The van der Waals surface area contributed by atoms with E-state index < -0.39 is 0 Å². The van der Waals surface area contributed by atoms with Gasteiger partial charge in [0.15, 0.2) is 5.82 Å².